The average Bonchev–Trinajstić information content (AvgIpc) is 2.81. The lowest BCUT2D eigenvalue weighted by molar-refractivity contribution is 0.0690. The van der Waals surface area contributed by atoms with Crippen LogP contribution in [-0.2, 0) is 0 Å². The van der Waals surface area contributed by atoms with Gasteiger partial charge in [0.05, 0.1) is 11.9 Å². The van der Waals surface area contributed by atoms with Crippen LogP contribution in [0.5, 0.6) is 0 Å². The van der Waals surface area contributed by atoms with Crippen LogP contribution in [0.3, 0.4) is 0 Å². The summed E-state index contributed by atoms with van der Waals surface area (Å²) in [6.07, 6.45) is 1.41. The fraction of sp³-hybridized carbons (Fsp3) is 0. The molecule has 0 spiro atoms. The first-order valence-corrected chi connectivity index (χ1v) is 5.84. The van der Waals surface area contributed by atoms with Crippen LogP contribution in [0.2, 0.25) is 5.15 Å². The van der Waals surface area contributed by atoms with Crippen LogP contribution in [0.4, 0.5) is 4.39 Å². The number of carboxylic acids is 1. The molecule has 1 N–H and O–H groups in total. The zero-order valence-electron chi connectivity index (χ0n) is 9.79. The molecule has 2 heterocycles. The second-order valence-electron chi connectivity index (χ2n) is 3.91. The highest BCUT2D eigenvalue weighted by Crippen LogP contribution is 2.19. The van der Waals surface area contributed by atoms with Gasteiger partial charge in [-0.25, -0.2) is 23.8 Å². The Kier molecular flexibility index (Phi) is 2.83. The van der Waals surface area contributed by atoms with Gasteiger partial charge in [0.2, 0.25) is 0 Å². The van der Waals surface area contributed by atoms with Crippen molar-refractivity contribution in [3.05, 3.63) is 47.1 Å². The molecule has 1 aromatic carbocycles. The predicted molar refractivity (Wildman–Crippen MR) is 68.6 cm³/mol. The number of rotatable bonds is 2. The van der Waals surface area contributed by atoms with Crippen LogP contribution >= 0.6 is 11.6 Å². The summed E-state index contributed by atoms with van der Waals surface area (Å²) in [7, 11) is 0. The van der Waals surface area contributed by atoms with Gasteiger partial charge in [0.25, 0.3) is 0 Å². The van der Waals surface area contributed by atoms with Crippen LogP contribution in [0.25, 0.3) is 16.9 Å². The van der Waals surface area contributed by atoms with Crippen LogP contribution in [0.1, 0.15) is 10.5 Å². The van der Waals surface area contributed by atoms with Crippen LogP contribution in [0, 0.1) is 5.82 Å². The standard InChI is InChI=1S/C12H6ClFN4O2/c13-10-9(12(19)20)17-11-8(16-10)5-15-18(11)7-3-1-6(14)2-4-7/h1-5H,(H,19,20). The molecule has 8 heteroatoms. The highest BCUT2D eigenvalue weighted by atomic mass is 35.5. The molecule has 0 fully saturated rings. The van der Waals surface area contributed by atoms with E-state index in [0.29, 0.717) is 11.2 Å². The van der Waals surface area contributed by atoms with Crippen LogP contribution < -0.4 is 0 Å². The Labute approximate surface area is 116 Å². The fourth-order valence-corrected chi connectivity index (χ4v) is 1.95. The molecule has 0 unspecified atom stereocenters. The first kappa shape index (κ1) is 12.5. The summed E-state index contributed by atoms with van der Waals surface area (Å²) in [5.74, 6) is -1.66. The van der Waals surface area contributed by atoms with Crippen molar-refractivity contribution >= 4 is 28.7 Å². The largest absolute Gasteiger partial charge is 0.476 e. The smallest absolute Gasteiger partial charge is 0.357 e. The molecule has 0 saturated heterocycles. The molecule has 0 aliphatic carbocycles. The Morgan fingerprint density at radius 1 is 1.25 bits per heavy atom. The Morgan fingerprint density at radius 2 is 1.95 bits per heavy atom. The lowest BCUT2D eigenvalue weighted by Crippen LogP contribution is -2.05. The van der Waals surface area contributed by atoms with E-state index in [-0.39, 0.29) is 22.3 Å². The number of aromatic nitrogens is 4. The molecule has 20 heavy (non-hydrogen) atoms. The number of benzene rings is 1. The summed E-state index contributed by atoms with van der Waals surface area (Å²) >= 11 is 5.73. The SMILES string of the molecule is O=C(O)c1nc2c(cnn2-c2ccc(F)cc2)nc1Cl. The van der Waals surface area contributed by atoms with Gasteiger partial charge in [-0.05, 0) is 24.3 Å². The number of hydrogen-bond acceptors (Lipinski definition) is 4. The Bertz CT molecular complexity index is 816. The van der Waals surface area contributed by atoms with Crippen LogP contribution in [0.15, 0.2) is 30.5 Å². The average molecular weight is 293 g/mol. The summed E-state index contributed by atoms with van der Waals surface area (Å²) < 4.78 is 14.3. The van der Waals surface area contributed by atoms with Crippen molar-refractivity contribution in [2.75, 3.05) is 0 Å². The van der Waals surface area contributed by atoms with E-state index in [1.165, 1.54) is 35.1 Å². The number of carboxylic acid groups (broad SMARTS) is 1. The lowest BCUT2D eigenvalue weighted by atomic mass is 10.3. The number of nitrogens with zero attached hydrogens (tertiary/aromatic N) is 4. The summed E-state index contributed by atoms with van der Waals surface area (Å²) in [5, 5.41) is 12.8. The predicted octanol–water partition coefficient (Wildman–Crippen LogP) is 2.31. The van der Waals surface area contributed by atoms with Gasteiger partial charge in [0, 0.05) is 0 Å². The minimum atomic E-state index is -1.28. The van der Waals surface area contributed by atoms with Gasteiger partial charge in [-0.1, -0.05) is 11.6 Å². The number of aromatic carboxylic acids is 1. The molecule has 0 atom stereocenters. The van der Waals surface area contributed by atoms with E-state index >= 15 is 0 Å². The third-order valence-electron chi connectivity index (χ3n) is 2.63. The number of fused-ring (bicyclic) bond motifs is 1. The normalized spacial score (nSPS) is 10.9. The molecule has 0 radical (unpaired) electrons. The van der Waals surface area contributed by atoms with Gasteiger partial charge >= 0.3 is 5.97 Å². The molecule has 0 bridgehead atoms. The van der Waals surface area contributed by atoms with Gasteiger partial charge in [-0.3, -0.25) is 0 Å². The summed E-state index contributed by atoms with van der Waals surface area (Å²) in [5.41, 5.74) is 0.764. The first-order chi connectivity index (χ1) is 9.56. The number of hydrogen-bond donors (Lipinski definition) is 1. The minimum Gasteiger partial charge on any atom is -0.476 e. The molecule has 3 rings (SSSR count). The fourth-order valence-electron chi connectivity index (χ4n) is 1.73. The Hall–Kier alpha value is -2.54. The highest BCUT2D eigenvalue weighted by molar-refractivity contribution is 6.32. The van der Waals surface area contributed by atoms with Crippen molar-refractivity contribution in [2.24, 2.45) is 0 Å². The summed E-state index contributed by atoms with van der Waals surface area (Å²) in [4.78, 5) is 18.9. The monoisotopic (exact) mass is 292 g/mol. The van der Waals surface area contributed by atoms with E-state index in [4.69, 9.17) is 16.7 Å². The third-order valence-corrected chi connectivity index (χ3v) is 2.89. The Morgan fingerprint density at radius 3 is 2.60 bits per heavy atom. The maximum atomic E-state index is 12.9. The maximum absolute atomic E-state index is 12.9. The second-order valence-corrected chi connectivity index (χ2v) is 4.27. The Balaban J connectivity index is 2.24. The molecule has 100 valence electrons. The first-order valence-electron chi connectivity index (χ1n) is 5.47. The van der Waals surface area contributed by atoms with E-state index in [0.717, 1.165) is 0 Å². The van der Waals surface area contributed by atoms with Crippen LogP contribution in [-0.4, -0.2) is 30.8 Å². The molecule has 6 nitrogen and oxygen atoms in total. The van der Waals surface area contributed by atoms with Gasteiger partial charge in [0.1, 0.15) is 11.3 Å². The quantitative estimate of drug-likeness (QED) is 0.784. The summed E-state index contributed by atoms with van der Waals surface area (Å²) in [6.45, 7) is 0. The number of carbonyl (C=O) groups is 1. The third kappa shape index (κ3) is 1.97. The van der Waals surface area contributed by atoms with Gasteiger partial charge < -0.3 is 5.11 Å². The molecule has 0 saturated carbocycles. The molecule has 0 aliphatic heterocycles. The van der Waals surface area contributed by atoms with Crippen molar-refractivity contribution in [1.29, 1.82) is 0 Å². The molecule has 0 aliphatic rings. The molecule has 3 aromatic rings. The van der Waals surface area contributed by atoms with Crippen molar-refractivity contribution in [2.45, 2.75) is 0 Å². The second kappa shape index (κ2) is 4.53. The molecule has 0 amide bonds. The highest BCUT2D eigenvalue weighted by Gasteiger charge is 2.17. The van der Waals surface area contributed by atoms with Crippen molar-refractivity contribution < 1.29 is 14.3 Å². The molecular formula is C12H6ClFN4O2. The molecular weight excluding hydrogens is 287 g/mol. The number of halogens is 2. The van der Waals surface area contributed by atoms with Crippen molar-refractivity contribution in [1.82, 2.24) is 19.7 Å². The molecule has 2 aromatic heterocycles. The van der Waals surface area contributed by atoms with E-state index in [9.17, 15) is 9.18 Å². The maximum Gasteiger partial charge on any atom is 0.357 e. The topological polar surface area (TPSA) is 80.9 Å². The zero-order chi connectivity index (χ0) is 14.3. The van der Waals surface area contributed by atoms with Gasteiger partial charge in [0.15, 0.2) is 16.5 Å². The lowest BCUT2D eigenvalue weighted by Gasteiger charge is -2.03. The van der Waals surface area contributed by atoms with Gasteiger partial charge in [-0.2, -0.15) is 5.10 Å². The van der Waals surface area contributed by atoms with Crippen molar-refractivity contribution in [3.8, 4) is 5.69 Å². The van der Waals surface area contributed by atoms with E-state index in [1.807, 2.05) is 0 Å². The van der Waals surface area contributed by atoms with Crippen molar-refractivity contribution in [3.63, 3.8) is 0 Å². The van der Waals surface area contributed by atoms with E-state index in [2.05, 4.69) is 15.1 Å². The minimum absolute atomic E-state index is 0.205. The van der Waals surface area contributed by atoms with Gasteiger partial charge in [-0.15, -0.1) is 0 Å². The van der Waals surface area contributed by atoms with E-state index < -0.39 is 5.97 Å². The zero-order valence-corrected chi connectivity index (χ0v) is 10.5. The van der Waals surface area contributed by atoms with E-state index in [1.54, 1.807) is 0 Å². The summed E-state index contributed by atoms with van der Waals surface area (Å²) in [6, 6.07) is 5.53.